The number of carbonyl (C=O) groups is 1. The smallest absolute Gasteiger partial charge is 0.339 e. The number of carboxylic acids is 1. The molecule has 0 saturated heterocycles. The first kappa shape index (κ1) is 11.5. The SMILES string of the molecule is Nc1ccc(C(=O)O)c(OCc2cccs2)c1. The Morgan fingerprint density at radius 2 is 2.24 bits per heavy atom. The maximum atomic E-state index is 11.0. The number of carboxylic acid groups (broad SMARTS) is 1. The van der Waals surface area contributed by atoms with Crippen molar-refractivity contribution < 1.29 is 14.6 Å². The Balaban J connectivity index is 2.19. The van der Waals surface area contributed by atoms with Crippen LogP contribution in [-0.2, 0) is 6.61 Å². The molecule has 4 nitrogen and oxygen atoms in total. The van der Waals surface area contributed by atoms with Crippen molar-refractivity contribution in [2.24, 2.45) is 0 Å². The number of thiophene rings is 1. The predicted molar refractivity (Wildman–Crippen MR) is 66.5 cm³/mol. The zero-order valence-corrected chi connectivity index (χ0v) is 9.74. The van der Waals surface area contributed by atoms with E-state index in [2.05, 4.69) is 0 Å². The molecule has 0 aliphatic carbocycles. The molecular weight excluding hydrogens is 238 g/mol. The Kier molecular flexibility index (Phi) is 3.30. The molecule has 0 radical (unpaired) electrons. The second kappa shape index (κ2) is 4.88. The van der Waals surface area contributed by atoms with Gasteiger partial charge in [0.2, 0.25) is 0 Å². The van der Waals surface area contributed by atoms with Crippen molar-refractivity contribution in [3.05, 3.63) is 46.2 Å². The Morgan fingerprint density at radius 1 is 1.41 bits per heavy atom. The third-order valence-corrected chi connectivity index (χ3v) is 3.04. The average molecular weight is 249 g/mol. The van der Waals surface area contributed by atoms with Crippen molar-refractivity contribution in [2.75, 3.05) is 5.73 Å². The van der Waals surface area contributed by atoms with Crippen LogP contribution < -0.4 is 10.5 Å². The number of nitrogen functional groups attached to an aromatic ring is 1. The maximum Gasteiger partial charge on any atom is 0.339 e. The standard InChI is InChI=1S/C12H11NO3S/c13-8-3-4-10(12(14)15)11(6-8)16-7-9-2-1-5-17-9/h1-6H,7,13H2,(H,14,15). The molecule has 0 atom stereocenters. The molecule has 5 heteroatoms. The van der Waals surface area contributed by atoms with Crippen molar-refractivity contribution in [3.8, 4) is 5.75 Å². The second-order valence-electron chi connectivity index (χ2n) is 3.43. The first-order valence-corrected chi connectivity index (χ1v) is 5.83. The third-order valence-electron chi connectivity index (χ3n) is 2.19. The van der Waals surface area contributed by atoms with E-state index in [0.717, 1.165) is 4.88 Å². The number of anilines is 1. The number of aromatic carboxylic acids is 1. The molecule has 2 rings (SSSR count). The van der Waals surface area contributed by atoms with E-state index in [1.54, 1.807) is 17.4 Å². The van der Waals surface area contributed by atoms with Gasteiger partial charge in [-0.05, 0) is 23.6 Å². The van der Waals surface area contributed by atoms with Gasteiger partial charge in [0.15, 0.2) is 0 Å². The lowest BCUT2D eigenvalue weighted by Crippen LogP contribution is -2.03. The predicted octanol–water partition coefficient (Wildman–Crippen LogP) is 2.61. The van der Waals surface area contributed by atoms with E-state index < -0.39 is 5.97 Å². The quantitative estimate of drug-likeness (QED) is 0.817. The molecule has 17 heavy (non-hydrogen) atoms. The van der Waals surface area contributed by atoms with Gasteiger partial charge in [-0.2, -0.15) is 0 Å². The number of hydrogen-bond donors (Lipinski definition) is 2. The van der Waals surface area contributed by atoms with Gasteiger partial charge < -0.3 is 15.6 Å². The summed E-state index contributed by atoms with van der Waals surface area (Å²) in [4.78, 5) is 12.0. The fourth-order valence-corrected chi connectivity index (χ4v) is 1.99. The molecule has 3 N–H and O–H groups in total. The summed E-state index contributed by atoms with van der Waals surface area (Å²) in [6.07, 6.45) is 0. The van der Waals surface area contributed by atoms with Crippen molar-refractivity contribution in [2.45, 2.75) is 6.61 Å². The number of nitrogens with two attached hydrogens (primary N) is 1. The van der Waals surface area contributed by atoms with Crippen LogP contribution in [0.1, 0.15) is 15.2 Å². The van der Waals surface area contributed by atoms with Crippen LogP contribution in [-0.4, -0.2) is 11.1 Å². The van der Waals surface area contributed by atoms with Crippen molar-refractivity contribution in [1.29, 1.82) is 0 Å². The zero-order valence-electron chi connectivity index (χ0n) is 8.92. The summed E-state index contributed by atoms with van der Waals surface area (Å²) in [5, 5.41) is 10.9. The summed E-state index contributed by atoms with van der Waals surface area (Å²) in [6.45, 7) is 0.349. The Bertz CT molecular complexity index is 523. The molecule has 0 aliphatic heterocycles. The van der Waals surface area contributed by atoms with Gasteiger partial charge in [-0.1, -0.05) is 6.07 Å². The Morgan fingerprint density at radius 3 is 2.88 bits per heavy atom. The van der Waals surface area contributed by atoms with Crippen LogP contribution in [0.15, 0.2) is 35.7 Å². The van der Waals surface area contributed by atoms with E-state index in [9.17, 15) is 4.79 Å². The van der Waals surface area contributed by atoms with E-state index in [1.165, 1.54) is 12.1 Å². The van der Waals surface area contributed by atoms with Crippen LogP contribution in [0.25, 0.3) is 0 Å². The molecule has 0 amide bonds. The molecular formula is C12H11NO3S. The summed E-state index contributed by atoms with van der Waals surface area (Å²) in [5.41, 5.74) is 6.21. The van der Waals surface area contributed by atoms with Gasteiger partial charge in [-0.3, -0.25) is 0 Å². The van der Waals surface area contributed by atoms with Crippen LogP contribution >= 0.6 is 11.3 Å². The molecule has 0 unspecified atom stereocenters. The van der Waals surface area contributed by atoms with Gasteiger partial charge in [0.1, 0.15) is 17.9 Å². The minimum absolute atomic E-state index is 0.121. The van der Waals surface area contributed by atoms with Crippen molar-refractivity contribution in [1.82, 2.24) is 0 Å². The lowest BCUT2D eigenvalue weighted by atomic mass is 10.2. The Hall–Kier alpha value is -2.01. The maximum absolute atomic E-state index is 11.0. The normalized spacial score (nSPS) is 10.1. The minimum atomic E-state index is -1.02. The number of benzene rings is 1. The van der Waals surface area contributed by atoms with Gasteiger partial charge in [0, 0.05) is 16.6 Å². The molecule has 1 heterocycles. The van der Waals surface area contributed by atoms with Crippen LogP contribution in [0.4, 0.5) is 5.69 Å². The summed E-state index contributed by atoms with van der Waals surface area (Å²) in [5.74, 6) is -0.725. The molecule has 1 aromatic heterocycles. The van der Waals surface area contributed by atoms with Crippen LogP contribution in [0.5, 0.6) is 5.75 Å². The molecule has 0 saturated carbocycles. The van der Waals surface area contributed by atoms with Gasteiger partial charge >= 0.3 is 5.97 Å². The largest absolute Gasteiger partial charge is 0.487 e. The highest BCUT2D eigenvalue weighted by Crippen LogP contribution is 2.23. The summed E-state index contributed by atoms with van der Waals surface area (Å²) in [7, 11) is 0. The molecule has 0 spiro atoms. The van der Waals surface area contributed by atoms with Crippen LogP contribution in [0.2, 0.25) is 0 Å². The summed E-state index contributed by atoms with van der Waals surface area (Å²) < 4.78 is 5.47. The van der Waals surface area contributed by atoms with Gasteiger partial charge in [-0.15, -0.1) is 11.3 Å². The number of ether oxygens (including phenoxy) is 1. The highest BCUT2D eigenvalue weighted by Gasteiger charge is 2.11. The zero-order chi connectivity index (χ0) is 12.3. The molecule has 1 aromatic carbocycles. The van der Waals surface area contributed by atoms with E-state index in [-0.39, 0.29) is 5.56 Å². The van der Waals surface area contributed by atoms with E-state index in [1.807, 2.05) is 17.5 Å². The number of rotatable bonds is 4. The molecule has 0 fully saturated rings. The van der Waals surface area contributed by atoms with Gasteiger partial charge in [0.25, 0.3) is 0 Å². The molecule has 2 aromatic rings. The monoisotopic (exact) mass is 249 g/mol. The Labute approximate surface area is 102 Å². The van der Waals surface area contributed by atoms with Crippen LogP contribution in [0, 0.1) is 0 Å². The number of hydrogen-bond acceptors (Lipinski definition) is 4. The summed E-state index contributed by atoms with van der Waals surface area (Å²) >= 11 is 1.56. The fraction of sp³-hybridized carbons (Fsp3) is 0.0833. The molecule has 88 valence electrons. The van der Waals surface area contributed by atoms with E-state index >= 15 is 0 Å². The lowest BCUT2D eigenvalue weighted by Gasteiger charge is -2.08. The highest BCUT2D eigenvalue weighted by atomic mass is 32.1. The molecule has 0 aliphatic rings. The second-order valence-corrected chi connectivity index (χ2v) is 4.46. The topological polar surface area (TPSA) is 72.6 Å². The first-order valence-electron chi connectivity index (χ1n) is 4.95. The van der Waals surface area contributed by atoms with Crippen LogP contribution in [0.3, 0.4) is 0 Å². The minimum Gasteiger partial charge on any atom is -0.487 e. The highest BCUT2D eigenvalue weighted by molar-refractivity contribution is 7.09. The van der Waals surface area contributed by atoms with Crippen molar-refractivity contribution >= 4 is 23.0 Å². The average Bonchev–Trinajstić information content (AvgIpc) is 2.78. The first-order chi connectivity index (χ1) is 8.16. The van der Waals surface area contributed by atoms with Crippen molar-refractivity contribution in [3.63, 3.8) is 0 Å². The summed E-state index contributed by atoms with van der Waals surface area (Å²) in [6, 6.07) is 8.36. The van der Waals surface area contributed by atoms with Gasteiger partial charge in [0.05, 0.1) is 0 Å². The fourth-order valence-electron chi connectivity index (χ4n) is 1.38. The third kappa shape index (κ3) is 2.76. The molecule has 0 bridgehead atoms. The van der Waals surface area contributed by atoms with E-state index in [4.69, 9.17) is 15.6 Å². The lowest BCUT2D eigenvalue weighted by molar-refractivity contribution is 0.0692. The van der Waals surface area contributed by atoms with E-state index in [0.29, 0.717) is 18.0 Å². The van der Waals surface area contributed by atoms with Gasteiger partial charge in [-0.25, -0.2) is 4.79 Å².